The lowest BCUT2D eigenvalue weighted by Gasteiger charge is -2.19. The topological polar surface area (TPSA) is 95.9 Å². The first-order chi connectivity index (χ1) is 12.6. The SMILES string of the molecule is CN1C(=O)CC[C@H]1CNC(=O)c1cc(Cn2cnc3ccccc32)[nH]n1. The minimum absolute atomic E-state index is 0.0576. The zero-order chi connectivity index (χ0) is 18.1. The average Bonchev–Trinajstić information content (AvgIpc) is 3.36. The van der Waals surface area contributed by atoms with Crippen LogP contribution in [0.2, 0.25) is 0 Å². The molecule has 1 aliphatic rings. The lowest BCUT2D eigenvalue weighted by molar-refractivity contribution is -0.127. The van der Waals surface area contributed by atoms with Gasteiger partial charge >= 0.3 is 0 Å². The Hall–Kier alpha value is -3.16. The number of aromatic nitrogens is 4. The first-order valence-corrected chi connectivity index (χ1v) is 8.60. The highest BCUT2D eigenvalue weighted by Crippen LogP contribution is 2.16. The van der Waals surface area contributed by atoms with Gasteiger partial charge in [0, 0.05) is 26.1 Å². The molecule has 2 aromatic heterocycles. The van der Waals surface area contributed by atoms with E-state index in [0.717, 1.165) is 23.1 Å². The number of rotatable bonds is 5. The summed E-state index contributed by atoms with van der Waals surface area (Å²) in [7, 11) is 1.77. The van der Waals surface area contributed by atoms with E-state index in [2.05, 4.69) is 20.5 Å². The molecule has 1 aromatic carbocycles. The number of para-hydroxylation sites is 2. The van der Waals surface area contributed by atoms with Gasteiger partial charge in [0.05, 0.1) is 29.6 Å². The van der Waals surface area contributed by atoms with Gasteiger partial charge in [-0.15, -0.1) is 0 Å². The molecule has 0 unspecified atom stereocenters. The van der Waals surface area contributed by atoms with Crippen molar-refractivity contribution >= 4 is 22.8 Å². The maximum atomic E-state index is 12.3. The molecule has 1 aliphatic heterocycles. The summed E-state index contributed by atoms with van der Waals surface area (Å²) in [5, 5.41) is 9.87. The molecule has 3 aromatic rings. The quantitative estimate of drug-likeness (QED) is 0.720. The summed E-state index contributed by atoms with van der Waals surface area (Å²) >= 11 is 0. The van der Waals surface area contributed by atoms with Crippen LogP contribution in [0, 0.1) is 0 Å². The Bertz CT molecular complexity index is 959. The van der Waals surface area contributed by atoms with Gasteiger partial charge in [-0.3, -0.25) is 14.7 Å². The highest BCUT2D eigenvalue weighted by atomic mass is 16.2. The lowest BCUT2D eigenvalue weighted by Crippen LogP contribution is -2.39. The van der Waals surface area contributed by atoms with E-state index in [4.69, 9.17) is 0 Å². The van der Waals surface area contributed by atoms with Crippen molar-refractivity contribution < 1.29 is 9.59 Å². The smallest absolute Gasteiger partial charge is 0.271 e. The van der Waals surface area contributed by atoms with E-state index in [9.17, 15) is 9.59 Å². The lowest BCUT2D eigenvalue weighted by atomic mass is 10.2. The molecule has 4 rings (SSSR count). The predicted molar refractivity (Wildman–Crippen MR) is 95.5 cm³/mol. The number of likely N-dealkylation sites (tertiary alicyclic amines) is 1. The van der Waals surface area contributed by atoms with Crippen molar-refractivity contribution in [2.75, 3.05) is 13.6 Å². The predicted octanol–water partition coefficient (Wildman–Crippen LogP) is 1.16. The number of fused-ring (bicyclic) bond motifs is 1. The summed E-state index contributed by atoms with van der Waals surface area (Å²) in [4.78, 5) is 29.9. The molecule has 3 heterocycles. The van der Waals surface area contributed by atoms with Crippen molar-refractivity contribution in [1.82, 2.24) is 30.0 Å². The monoisotopic (exact) mass is 352 g/mol. The Morgan fingerprint density at radius 1 is 1.38 bits per heavy atom. The van der Waals surface area contributed by atoms with Crippen molar-refractivity contribution in [3.8, 4) is 0 Å². The van der Waals surface area contributed by atoms with Gasteiger partial charge in [0.15, 0.2) is 0 Å². The fraction of sp³-hybridized carbons (Fsp3) is 0.333. The van der Waals surface area contributed by atoms with Gasteiger partial charge in [0.1, 0.15) is 5.69 Å². The number of carbonyl (C=O) groups excluding carboxylic acids is 2. The maximum absolute atomic E-state index is 12.3. The van der Waals surface area contributed by atoms with Crippen LogP contribution in [0.15, 0.2) is 36.7 Å². The molecular formula is C18H20N6O2. The van der Waals surface area contributed by atoms with Crippen LogP contribution in [-0.2, 0) is 11.3 Å². The molecule has 0 aliphatic carbocycles. The summed E-state index contributed by atoms with van der Waals surface area (Å²) in [6, 6.07) is 9.69. The van der Waals surface area contributed by atoms with E-state index < -0.39 is 0 Å². The fourth-order valence-corrected chi connectivity index (χ4v) is 3.28. The second-order valence-corrected chi connectivity index (χ2v) is 6.55. The summed E-state index contributed by atoms with van der Waals surface area (Å²) < 4.78 is 2.00. The Labute approximate surface area is 150 Å². The number of amides is 2. The van der Waals surface area contributed by atoms with Gasteiger partial charge in [-0.2, -0.15) is 5.10 Å². The normalized spacial score (nSPS) is 17.2. The number of likely N-dealkylation sites (N-methyl/N-ethyl adjacent to an activating group) is 1. The Morgan fingerprint density at radius 3 is 3.04 bits per heavy atom. The molecule has 0 bridgehead atoms. The molecule has 1 atom stereocenters. The van der Waals surface area contributed by atoms with Gasteiger partial charge < -0.3 is 14.8 Å². The van der Waals surface area contributed by atoms with Gasteiger partial charge in [-0.1, -0.05) is 12.1 Å². The van der Waals surface area contributed by atoms with Gasteiger partial charge in [-0.05, 0) is 24.6 Å². The molecule has 8 nitrogen and oxygen atoms in total. The van der Waals surface area contributed by atoms with Crippen molar-refractivity contribution in [3.05, 3.63) is 48.0 Å². The van der Waals surface area contributed by atoms with Crippen LogP contribution >= 0.6 is 0 Å². The zero-order valence-electron chi connectivity index (χ0n) is 14.5. The summed E-state index contributed by atoms with van der Waals surface area (Å²) in [5.41, 5.74) is 3.13. The zero-order valence-corrected chi connectivity index (χ0v) is 14.5. The minimum Gasteiger partial charge on any atom is -0.349 e. The van der Waals surface area contributed by atoms with Crippen LogP contribution in [0.3, 0.4) is 0 Å². The van der Waals surface area contributed by atoms with Crippen LogP contribution in [0.4, 0.5) is 0 Å². The van der Waals surface area contributed by atoms with E-state index in [0.29, 0.717) is 25.2 Å². The molecule has 8 heteroatoms. The first-order valence-electron chi connectivity index (χ1n) is 8.60. The third-order valence-corrected chi connectivity index (χ3v) is 4.86. The van der Waals surface area contributed by atoms with E-state index in [-0.39, 0.29) is 17.9 Å². The second-order valence-electron chi connectivity index (χ2n) is 6.55. The fourth-order valence-electron chi connectivity index (χ4n) is 3.28. The van der Waals surface area contributed by atoms with Crippen LogP contribution < -0.4 is 5.32 Å². The number of H-pyrrole nitrogens is 1. The molecule has 1 saturated heterocycles. The van der Waals surface area contributed by atoms with E-state index >= 15 is 0 Å². The number of carbonyl (C=O) groups is 2. The highest BCUT2D eigenvalue weighted by molar-refractivity contribution is 5.92. The molecule has 2 N–H and O–H groups in total. The number of benzene rings is 1. The van der Waals surface area contributed by atoms with E-state index in [1.54, 1.807) is 24.3 Å². The van der Waals surface area contributed by atoms with E-state index in [1.807, 2.05) is 28.8 Å². The summed E-state index contributed by atoms with van der Waals surface area (Å²) in [6.45, 7) is 0.996. The van der Waals surface area contributed by atoms with Gasteiger partial charge in [0.25, 0.3) is 5.91 Å². The largest absolute Gasteiger partial charge is 0.349 e. The van der Waals surface area contributed by atoms with Crippen LogP contribution in [0.5, 0.6) is 0 Å². The van der Waals surface area contributed by atoms with Crippen LogP contribution in [0.25, 0.3) is 11.0 Å². The number of aromatic amines is 1. The molecule has 1 fully saturated rings. The molecular weight excluding hydrogens is 332 g/mol. The van der Waals surface area contributed by atoms with Crippen molar-refractivity contribution in [3.63, 3.8) is 0 Å². The highest BCUT2D eigenvalue weighted by Gasteiger charge is 2.27. The number of nitrogens with zero attached hydrogens (tertiary/aromatic N) is 4. The van der Waals surface area contributed by atoms with Crippen molar-refractivity contribution in [1.29, 1.82) is 0 Å². The third kappa shape index (κ3) is 3.05. The Morgan fingerprint density at radius 2 is 2.23 bits per heavy atom. The third-order valence-electron chi connectivity index (χ3n) is 4.86. The number of hydrogen-bond acceptors (Lipinski definition) is 4. The first kappa shape index (κ1) is 16.3. The average molecular weight is 352 g/mol. The number of nitrogens with one attached hydrogen (secondary N) is 2. The van der Waals surface area contributed by atoms with Crippen molar-refractivity contribution in [2.45, 2.75) is 25.4 Å². The number of hydrogen-bond donors (Lipinski definition) is 2. The molecule has 0 radical (unpaired) electrons. The van der Waals surface area contributed by atoms with Crippen LogP contribution in [-0.4, -0.2) is 56.1 Å². The molecule has 134 valence electrons. The Balaban J connectivity index is 1.39. The second kappa shape index (κ2) is 6.62. The summed E-state index contributed by atoms with van der Waals surface area (Å²) in [6.07, 6.45) is 3.09. The maximum Gasteiger partial charge on any atom is 0.271 e. The minimum atomic E-state index is -0.240. The summed E-state index contributed by atoms with van der Waals surface area (Å²) in [5.74, 6) is -0.116. The molecule has 0 saturated carbocycles. The molecule has 0 spiro atoms. The molecule has 26 heavy (non-hydrogen) atoms. The van der Waals surface area contributed by atoms with Crippen LogP contribution in [0.1, 0.15) is 29.0 Å². The molecule has 2 amide bonds. The van der Waals surface area contributed by atoms with Gasteiger partial charge in [0.2, 0.25) is 5.91 Å². The number of imidazole rings is 1. The Kier molecular flexibility index (Phi) is 4.16. The van der Waals surface area contributed by atoms with Crippen molar-refractivity contribution in [2.24, 2.45) is 0 Å². The van der Waals surface area contributed by atoms with E-state index in [1.165, 1.54) is 0 Å². The standard InChI is InChI=1S/C18H20N6O2/c1-23-13(6-7-17(23)25)9-19-18(26)15-8-12(21-22-15)10-24-11-20-14-4-2-3-5-16(14)24/h2-5,8,11,13H,6-7,9-10H2,1H3,(H,19,26)(H,21,22)/t13-/m0/s1. The van der Waals surface area contributed by atoms with Gasteiger partial charge in [-0.25, -0.2) is 4.98 Å².